The van der Waals surface area contributed by atoms with Crippen LogP contribution < -0.4 is 5.32 Å². The topological polar surface area (TPSA) is 46.9 Å². The monoisotopic (exact) mass is 287 g/mol. The first kappa shape index (κ1) is 13.8. The van der Waals surface area contributed by atoms with Crippen LogP contribution in [0.15, 0.2) is 36.7 Å². The summed E-state index contributed by atoms with van der Waals surface area (Å²) in [7, 11) is 0. The molecule has 21 heavy (non-hydrogen) atoms. The van der Waals surface area contributed by atoms with Gasteiger partial charge in [0.05, 0.1) is 17.4 Å². The van der Waals surface area contributed by atoms with Crippen molar-refractivity contribution >= 4 is 5.91 Å². The van der Waals surface area contributed by atoms with Gasteiger partial charge in [0.25, 0.3) is 5.91 Å². The van der Waals surface area contributed by atoms with E-state index in [1.54, 1.807) is 29.2 Å². The molecule has 2 aromatic rings. The van der Waals surface area contributed by atoms with Gasteiger partial charge in [-0.25, -0.2) is 9.07 Å². The number of rotatable bonds is 3. The molecule has 0 spiro atoms. The van der Waals surface area contributed by atoms with Crippen molar-refractivity contribution in [1.29, 1.82) is 0 Å². The van der Waals surface area contributed by atoms with Crippen LogP contribution in [0, 0.1) is 5.82 Å². The van der Waals surface area contributed by atoms with Crippen LogP contribution in [0.2, 0.25) is 0 Å². The first-order chi connectivity index (χ1) is 10.2. The largest absolute Gasteiger partial charge is 0.349 e. The predicted molar refractivity (Wildman–Crippen MR) is 77.9 cm³/mol. The summed E-state index contributed by atoms with van der Waals surface area (Å²) >= 11 is 0. The number of hydrogen-bond donors (Lipinski definition) is 1. The minimum Gasteiger partial charge on any atom is -0.349 e. The Balaban J connectivity index is 1.69. The zero-order chi connectivity index (χ0) is 14.7. The maximum Gasteiger partial charge on any atom is 0.254 e. The van der Waals surface area contributed by atoms with Gasteiger partial charge in [0.1, 0.15) is 5.82 Å². The molecule has 1 heterocycles. The van der Waals surface area contributed by atoms with E-state index < -0.39 is 0 Å². The van der Waals surface area contributed by atoms with Gasteiger partial charge >= 0.3 is 0 Å². The fourth-order valence-corrected chi connectivity index (χ4v) is 2.69. The fourth-order valence-electron chi connectivity index (χ4n) is 2.69. The molecule has 1 fully saturated rings. The highest BCUT2D eigenvalue weighted by atomic mass is 19.1. The molecule has 1 saturated carbocycles. The maximum absolute atomic E-state index is 12.9. The van der Waals surface area contributed by atoms with Gasteiger partial charge < -0.3 is 5.32 Å². The number of carbonyl (C=O) groups is 1. The van der Waals surface area contributed by atoms with Crippen molar-refractivity contribution in [2.45, 2.75) is 38.1 Å². The van der Waals surface area contributed by atoms with E-state index in [0.29, 0.717) is 5.56 Å². The van der Waals surface area contributed by atoms with Gasteiger partial charge in [-0.1, -0.05) is 19.3 Å². The average molecular weight is 287 g/mol. The van der Waals surface area contributed by atoms with E-state index in [1.807, 2.05) is 0 Å². The third-order valence-electron chi connectivity index (χ3n) is 3.88. The summed E-state index contributed by atoms with van der Waals surface area (Å²) in [4.78, 5) is 12.2. The lowest BCUT2D eigenvalue weighted by molar-refractivity contribution is 0.0927. The molecular weight excluding hydrogens is 269 g/mol. The second kappa shape index (κ2) is 6.08. The maximum atomic E-state index is 12.9. The van der Waals surface area contributed by atoms with Crippen LogP contribution in [0.5, 0.6) is 0 Å². The zero-order valence-electron chi connectivity index (χ0n) is 11.8. The van der Waals surface area contributed by atoms with Crippen molar-refractivity contribution in [2.75, 3.05) is 0 Å². The Bertz CT molecular complexity index is 615. The lowest BCUT2D eigenvalue weighted by atomic mass is 9.95. The highest BCUT2D eigenvalue weighted by Gasteiger charge is 2.17. The molecule has 110 valence electrons. The zero-order valence-corrected chi connectivity index (χ0v) is 11.8. The van der Waals surface area contributed by atoms with E-state index >= 15 is 0 Å². The van der Waals surface area contributed by atoms with Crippen molar-refractivity contribution < 1.29 is 9.18 Å². The number of hydrogen-bond acceptors (Lipinski definition) is 2. The second-order valence-corrected chi connectivity index (χ2v) is 5.46. The third-order valence-corrected chi connectivity index (χ3v) is 3.88. The molecule has 1 aromatic heterocycles. The van der Waals surface area contributed by atoms with Crippen LogP contribution in [0.4, 0.5) is 4.39 Å². The average Bonchev–Trinajstić information content (AvgIpc) is 2.99. The lowest BCUT2D eigenvalue weighted by Crippen LogP contribution is -2.35. The van der Waals surface area contributed by atoms with E-state index in [4.69, 9.17) is 0 Å². The smallest absolute Gasteiger partial charge is 0.254 e. The van der Waals surface area contributed by atoms with Crippen LogP contribution in [0.25, 0.3) is 5.69 Å². The summed E-state index contributed by atoms with van der Waals surface area (Å²) in [5.74, 6) is -0.378. The minimum atomic E-state index is -0.291. The Morgan fingerprint density at radius 3 is 2.62 bits per heavy atom. The Hall–Kier alpha value is -2.17. The molecule has 0 bridgehead atoms. The Kier molecular flexibility index (Phi) is 3.99. The van der Waals surface area contributed by atoms with Crippen molar-refractivity contribution in [3.63, 3.8) is 0 Å². The Labute approximate surface area is 123 Å². The SMILES string of the molecule is O=C(NC1CCCCC1)c1cnn(-c2ccc(F)cc2)c1. The van der Waals surface area contributed by atoms with Gasteiger partial charge in [0.2, 0.25) is 0 Å². The van der Waals surface area contributed by atoms with Crippen molar-refractivity contribution in [3.8, 4) is 5.69 Å². The highest BCUT2D eigenvalue weighted by Crippen LogP contribution is 2.18. The number of nitrogens with zero attached hydrogens (tertiary/aromatic N) is 2. The normalized spacial score (nSPS) is 15.9. The van der Waals surface area contributed by atoms with Crippen molar-refractivity contribution in [3.05, 3.63) is 48.0 Å². The molecule has 3 rings (SSSR count). The quantitative estimate of drug-likeness (QED) is 0.943. The molecule has 4 nitrogen and oxygen atoms in total. The molecule has 1 aliphatic carbocycles. The van der Waals surface area contributed by atoms with Gasteiger partial charge in [-0.05, 0) is 37.1 Å². The highest BCUT2D eigenvalue weighted by molar-refractivity contribution is 5.94. The van der Waals surface area contributed by atoms with E-state index in [9.17, 15) is 9.18 Å². The number of nitrogens with one attached hydrogen (secondary N) is 1. The van der Waals surface area contributed by atoms with Gasteiger partial charge in [0.15, 0.2) is 0 Å². The van der Waals surface area contributed by atoms with E-state index in [1.165, 1.54) is 31.4 Å². The van der Waals surface area contributed by atoms with E-state index in [-0.39, 0.29) is 17.8 Å². The minimum absolute atomic E-state index is 0.0877. The molecule has 1 aliphatic rings. The summed E-state index contributed by atoms with van der Waals surface area (Å²) in [5.41, 5.74) is 1.26. The van der Waals surface area contributed by atoms with Crippen LogP contribution in [-0.2, 0) is 0 Å². The first-order valence-corrected chi connectivity index (χ1v) is 7.34. The van der Waals surface area contributed by atoms with Gasteiger partial charge in [-0.3, -0.25) is 4.79 Å². The standard InChI is InChI=1S/C16H18FN3O/c17-13-6-8-15(9-7-13)20-11-12(10-18-20)16(21)19-14-4-2-1-3-5-14/h6-11,14H,1-5H2,(H,19,21). The van der Waals surface area contributed by atoms with Gasteiger partial charge in [-0.15, -0.1) is 0 Å². The summed E-state index contributed by atoms with van der Waals surface area (Å²) in [6, 6.07) is 6.29. The van der Waals surface area contributed by atoms with Crippen LogP contribution in [-0.4, -0.2) is 21.7 Å². The lowest BCUT2D eigenvalue weighted by Gasteiger charge is -2.22. The molecule has 0 aliphatic heterocycles. The molecule has 0 atom stereocenters. The summed E-state index contributed by atoms with van der Waals surface area (Å²) in [6.07, 6.45) is 8.94. The van der Waals surface area contributed by atoms with E-state index in [2.05, 4.69) is 10.4 Å². The fraction of sp³-hybridized carbons (Fsp3) is 0.375. The molecule has 1 amide bonds. The molecule has 0 saturated heterocycles. The van der Waals surface area contributed by atoms with Crippen LogP contribution in [0.3, 0.4) is 0 Å². The Morgan fingerprint density at radius 1 is 1.19 bits per heavy atom. The third kappa shape index (κ3) is 3.29. The number of amides is 1. The molecule has 5 heteroatoms. The summed E-state index contributed by atoms with van der Waals surface area (Å²) < 4.78 is 14.5. The number of halogens is 1. The number of carbonyl (C=O) groups excluding carboxylic acids is 1. The molecular formula is C16H18FN3O. The van der Waals surface area contributed by atoms with Crippen molar-refractivity contribution in [2.24, 2.45) is 0 Å². The number of benzene rings is 1. The van der Waals surface area contributed by atoms with E-state index in [0.717, 1.165) is 18.5 Å². The van der Waals surface area contributed by atoms with Gasteiger partial charge in [-0.2, -0.15) is 5.10 Å². The van der Waals surface area contributed by atoms with Crippen molar-refractivity contribution in [1.82, 2.24) is 15.1 Å². The molecule has 1 N–H and O–H groups in total. The first-order valence-electron chi connectivity index (χ1n) is 7.34. The van der Waals surface area contributed by atoms with Crippen LogP contribution >= 0.6 is 0 Å². The molecule has 0 radical (unpaired) electrons. The predicted octanol–water partition coefficient (Wildman–Crippen LogP) is 3.07. The second-order valence-electron chi connectivity index (χ2n) is 5.46. The summed E-state index contributed by atoms with van der Waals surface area (Å²) in [5, 5.41) is 7.22. The number of aromatic nitrogens is 2. The van der Waals surface area contributed by atoms with Crippen LogP contribution in [0.1, 0.15) is 42.5 Å². The Morgan fingerprint density at radius 2 is 1.90 bits per heavy atom. The molecule has 0 unspecified atom stereocenters. The summed E-state index contributed by atoms with van der Waals surface area (Å²) in [6.45, 7) is 0. The molecule has 1 aromatic carbocycles. The van der Waals surface area contributed by atoms with Gasteiger partial charge in [0, 0.05) is 12.2 Å².